The third kappa shape index (κ3) is 5.46. The minimum absolute atomic E-state index is 0.257. The summed E-state index contributed by atoms with van der Waals surface area (Å²) in [6, 6.07) is 29.3. The second-order valence-corrected chi connectivity index (χ2v) is 9.15. The number of benzene rings is 3. The van der Waals surface area contributed by atoms with Crippen molar-refractivity contribution < 1.29 is 24.1 Å². The highest BCUT2D eigenvalue weighted by Crippen LogP contribution is 2.38. The number of rotatable bonds is 10. The van der Waals surface area contributed by atoms with Crippen molar-refractivity contribution in [2.45, 2.75) is 56.6 Å². The van der Waals surface area contributed by atoms with Gasteiger partial charge in [0.25, 0.3) is 5.91 Å². The predicted octanol–water partition coefficient (Wildman–Crippen LogP) is 3.72. The van der Waals surface area contributed by atoms with Crippen molar-refractivity contribution in [2.24, 2.45) is 0 Å². The summed E-state index contributed by atoms with van der Waals surface area (Å²) in [5, 5.41) is 10.4. The van der Waals surface area contributed by atoms with Gasteiger partial charge in [-0.15, -0.1) is 0 Å². The van der Waals surface area contributed by atoms with E-state index < -0.39 is 6.10 Å². The van der Waals surface area contributed by atoms with Gasteiger partial charge in [-0.1, -0.05) is 91.0 Å². The highest BCUT2D eigenvalue weighted by atomic mass is 16.5. The highest BCUT2D eigenvalue weighted by molar-refractivity contribution is 5.84. The Morgan fingerprint density at radius 1 is 0.714 bits per heavy atom. The van der Waals surface area contributed by atoms with Crippen molar-refractivity contribution in [3.63, 3.8) is 0 Å². The van der Waals surface area contributed by atoms with Gasteiger partial charge in [0.15, 0.2) is 0 Å². The molecule has 0 spiro atoms. The monoisotopic (exact) mass is 473 g/mol. The zero-order valence-electron chi connectivity index (χ0n) is 19.6. The number of carbonyl (C=O) groups excluding carboxylic acids is 1. The van der Waals surface area contributed by atoms with Crippen LogP contribution in [0.5, 0.6) is 0 Å². The van der Waals surface area contributed by atoms with Crippen LogP contribution in [0.25, 0.3) is 0 Å². The van der Waals surface area contributed by atoms with Gasteiger partial charge in [0, 0.05) is 6.42 Å². The zero-order chi connectivity index (χ0) is 24.0. The summed E-state index contributed by atoms with van der Waals surface area (Å²) in [6.07, 6.45) is -1.44. The molecule has 6 nitrogen and oxygen atoms in total. The van der Waals surface area contributed by atoms with Crippen LogP contribution in [0.15, 0.2) is 91.0 Å². The van der Waals surface area contributed by atoms with Crippen molar-refractivity contribution in [2.75, 3.05) is 6.61 Å². The molecule has 2 fully saturated rings. The molecule has 0 bridgehead atoms. The number of aliphatic hydroxyl groups excluding tert-OH is 1. The molecule has 0 unspecified atom stereocenters. The summed E-state index contributed by atoms with van der Waals surface area (Å²) in [4.78, 5) is 14.7. The summed E-state index contributed by atoms with van der Waals surface area (Å²) in [5.74, 6) is -0.276. The van der Waals surface area contributed by atoms with Gasteiger partial charge in [0.1, 0.15) is 18.3 Å². The van der Waals surface area contributed by atoms with Crippen LogP contribution in [0.4, 0.5) is 0 Å². The normalized spacial score (nSPS) is 25.7. The van der Waals surface area contributed by atoms with Crippen LogP contribution in [0.3, 0.4) is 0 Å². The fourth-order valence-corrected chi connectivity index (χ4v) is 5.07. The molecule has 2 heterocycles. The lowest BCUT2D eigenvalue weighted by molar-refractivity contribution is -0.140. The molecule has 3 aromatic carbocycles. The number of aliphatic hydroxyl groups is 1. The molecule has 2 aliphatic rings. The van der Waals surface area contributed by atoms with E-state index >= 15 is 0 Å². The van der Waals surface area contributed by atoms with E-state index in [1.54, 1.807) is 4.90 Å². The Hall–Kier alpha value is -3.03. The number of nitrogens with zero attached hydrogens (tertiary/aromatic N) is 1. The first-order chi connectivity index (χ1) is 17.2. The molecule has 6 heteroatoms. The number of hydrogen-bond acceptors (Lipinski definition) is 5. The molecule has 1 amide bonds. The van der Waals surface area contributed by atoms with Crippen LogP contribution in [0.2, 0.25) is 0 Å². The molecule has 3 aromatic rings. The van der Waals surface area contributed by atoms with E-state index in [1.807, 2.05) is 91.0 Å². The van der Waals surface area contributed by atoms with Crippen LogP contribution in [0.1, 0.15) is 23.1 Å². The summed E-state index contributed by atoms with van der Waals surface area (Å²) in [6.45, 7) is 1.55. The lowest BCUT2D eigenvalue weighted by Crippen LogP contribution is -2.45. The number of fused-ring (bicyclic) bond motifs is 1. The van der Waals surface area contributed by atoms with Gasteiger partial charge in [0.2, 0.25) is 0 Å². The predicted molar refractivity (Wildman–Crippen MR) is 131 cm³/mol. The second-order valence-electron chi connectivity index (χ2n) is 9.15. The van der Waals surface area contributed by atoms with Gasteiger partial charge >= 0.3 is 0 Å². The van der Waals surface area contributed by atoms with E-state index in [4.69, 9.17) is 14.2 Å². The van der Waals surface area contributed by atoms with E-state index in [2.05, 4.69) is 0 Å². The highest BCUT2D eigenvalue weighted by Gasteiger charge is 2.57. The van der Waals surface area contributed by atoms with Crippen molar-refractivity contribution >= 4 is 5.91 Å². The minimum Gasteiger partial charge on any atom is -0.383 e. The van der Waals surface area contributed by atoms with Crippen molar-refractivity contribution in [3.8, 4) is 0 Å². The lowest BCUT2D eigenvalue weighted by atomic mass is 10.0. The SMILES string of the molecule is O=C1[C@@H](O)C[C@H]2[C@H](OCc3ccccc3)[C@H](OCc3ccccc3)[C@@H](COCc3ccccc3)N12. The Labute approximate surface area is 206 Å². The number of amides is 1. The van der Waals surface area contributed by atoms with E-state index in [0.717, 1.165) is 16.7 Å². The summed E-state index contributed by atoms with van der Waals surface area (Å²) in [7, 11) is 0. The molecule has 2 aliphatic heterocycles. The van der Waals surface area contributed by atoms with Gasteiger partial charge in [0.05, 0.1) is 38.5 Å². The van der Waals surface area contributed by atoms with Gasteiger partial charge in [-0.25, -0.2) is 0 Å². The van der Waals surface area contributed by atoms with Gasteiger partial charge < -0.3 is 24.2 Å². The number of carbonyl (C=O) groups is 1. The summed E-state index contributed by atoms with van der Waals surface area (Å²) < 4.78 is 18.9. The van der Waals surface area contributed by atoms with Crippen LogP contribution < -0.4 is 0 Å². The quantitative estimate of drug-likeness (QED) is 0.486. The first-order valence-corrected chi connectivity index (χ1v) is 12.1. The van der Waals surface area contributed by atoms with E-state index in [9.17, 15) is 9.90 Å². The van der Waals surface area contributed by atoms with Crippen molar-refractivity contribution in [1.29, 1.82) is 0 Å². The third-order valence-corrected chi connectivity index (χ3v) is 6.77. The van der Waals surface area contributed by atoms with E-state index in [0.29, 0.717) is 32.8 Å². The molecule has 5 rings (SSSR count). The van der Waals surface area contributed by atoms with Crippen LogP contribution in [-0.4, -0.2) is 52.9 Å². The molecule has 0 radical (unpaired) electrons. The Morgan fingerprint density at radius 3 is 1.74 bits per heavy atom. The van der Waals surface area contributed by atoms with Crippen LogP contribution >= 0.6 is 0 Å². The molecule has 35 heavy (non-hydrogen) atoms. The van der Waals surface area contributed by atoms with Crippen molar-refractivity contribution in [3.05, 3.63) is 108 Å². The molecule has 2 saturated heterocycles. The van der Waals surface area contributed by atoms with Crippen molar-refractivity contribution in [1.82, 2.24) is 4.90 Å². The lowest BCUT2D eigenvalue weighted by Gasteiger charge is -2.28. The van der Waals surface area contributed by atoms with Crippen LogP contribution in [0, 0.1) is 0 Å². The van der Waals surface area contributed by atoms with Gasteiger partial charge in [-0.3, -0.25) is 4.79 Å². The second kappa shape index (κ2) is 11.1. The number of hydrogen-bond donors (Lipinski definition) is 1. The maximum Gasteiger partial charge on any atom is 0.252 e. The van der Waals surface area contributed by atoms with Gasteiger partial charge in [-0.05, 0) is 16.7 Å². The average Bonchev–Trinajstić information content (AvgIpc) is 3.35. The largest absolute Gasteiger partial charge is 0.383 e. The fourth-order valence-electron chi connectivity index (χ4n) is 5.07. The Kier molecular flexibility index (Phi) is 7.54. The Balaban J connectivity index is 1.35. The molecule has 182 valence electrons. The van der Waals surface area contributed by atoms with E-state index in [-0.39, 0.29) is 30.2 Å². The Bertz CT molecular complexity index is 1080. The molecular formula is C29H31NO5. The minimum atomic E-state index is -1.02. The number of ether oxygens (including phenoxy) is 3. The third-order valence-electron chi connectivity index (χ3n) is 6.77. The molecular weight excluding hydrogens is 442 g/mol. The van der Waals surface area contributed by atoms with E-state index in [1.165, 1.54) is 0 Å². The maximum atomic E-state index is 13.0. The Morgan fingerprint density at radius 2 is 1.20 bits per heavy atom. The smallest absolute Gasteiger partial charge is 0.252 e. The van der Waals surface area contributed by atoms with Crippen LogP contribution in [-0.2, 0) is 38.8 Å². The summed E-state index contributed by atoms with van der Waals surface area (Å²) in [5.41, 5.74) is 3.17. The molecule has 0 saturated carbocycles. The molecule has 1 N–H and O–H groups in total. The first-order valence-electron chi connectivity index (χ1n) is 12.1. The van der Waals surface area contributed by atoms with Gasteiger partial charge in [-0.2, -0.15) is 0 Å². The zero-order valence-corrected chi connectivity index (χ0v) is 19.6. The molecule has 0 aliphatic carbocycles. The maximum absolute atomic E-state index is 13.0. The molecule has 5 atom stereocenters. The summed E-state index contributed by atoms with van der Waals surface area (Å²) >= 11 is 0. The first kappa shape index (κ1) is 23.7. The topological polar surface area (TPSA) is 68.2 Å². The molecule has 0 aromatic heterocycles. The average molecular weight is 474 g/mol. The fraction of sp³-hybridized carbons (Fsp3) is 0.345. The standard InChI is InChI=1S/C29H31NO5/c31-26-16-24-27(34-18-22-12-6-2-7-13-22)28(35-19-23-14-8-3-9-15-23)25(30(24)29(26)32)20-33-17-21-10-4-1-5-11-21/h1-15,24-28,31H,16-20H2/t24-,25+,26-,27-,28+/m0/s1.